The first-order valence-corrected chi connectivity index (χ1v) is 23.4. The molecule has 0 aromatic heterocycles. The molecule has 6 aromatic rings. The second kappa shape index (κ2) is 16.2. The minimum atomic E-state index is -0.373. The standard InChI is InChI=1S/C53H44Cl2N4O2S2/c1-52(2)36-16-8-10-18-38(36)56(32-50(60)58-40-20-12-14-22-44(40)62-46-28-26-34(54)30-42(46)58)48(52)24-6-5-7-25-49-53(3,4)37-17-9-11-19-39(37)57(49)33-51(61)59-41-21-13-15-23-45(41)63-47-29-27-35(55)31-43(47)59/h5-31,48H,32-33H2,1-4H3/b7-5+,24-6+,49-25-. The number of carbonyl (C=O) groups is 2. The average Bonchev–Trinajstić information content (AvgIpc) is 3.62. The molecule has 10 heteroatoms. The first-order valence-electron chi connectivity index (χ1n) is 21.0. The van der Waals surface area contributed by atoms with Crippen molar-refractivity contribution in [1.29, 1.82) is 0 Å². The molecule has 0 spiro atoms. The fraction of sp³-hybridized carbons (Fsp3) is 0.170. The topological polar surface area (TPSA) is 47.1 Å². The van der Waals surface area contributed by atoms with Crippen molar-refractivity contribution in [1.82, 2.24) is 0 Å². The van der Waals surface area contributed by atoms with Crippen LogP contribution in [-0.2, 0) is 20.4 Å². The van der Waals surface area contributed by atoms with Crippen molar-refractivity contribution in [3.63, 3.8) is 0 Å². The number of para-hydroxylation sites is 4. The third-order valence-electron chi connectivity index (χ3n) is 12.6. The number of hydrogen-bond acceptors (Lipinski definition) is 6. The van der Waals surface area contributed by atoms with Crippen LogP contribution >= 0.6 is 46.7 Å². The van der Waals surface area contributed by atoms with Crippen molar-refractivity contribution < 1.29 is 9.59 Å². The smallest absolute Gasteiger partial charge is 0.251 e. The van der Waals surface area contributed by atoms with Gasteiger partial charge >= 0.3 is 0 Å². The minimum absolute atomic E-state index is 0.0338. The van der Waals surface area contributed by atoms with Crippen molar-refractivity contribution in [2.45, 2.75) is 64.1 Å². The Morgan fingerprint density at radius 2 is 1.05 bits per heavy atom. The molecule has 0 saturated carbocycles. The van der Waals surface area contributed by atoms with Crippen LogP contribution in [-0.4, -0.2) is 30.9 Å². The lowest BCUT2D eigenvalue weighted by Gasteiger charge is -2.35. The van der Waals surface area contributed by atoms with Gasteiger partial charge in [0.2, 0.25) is 0 Å². The van der Waals surface area contributed by atoms with Crippen LogP contribution in [0.15, 0.2) is 189 Å². The van der Waals surface area contributed by atoms with Crippen molar-refractivity contribution in [3.8, 4) is 0 Å². The van der Waals surface area contributed by atoms with E-state index >= 15 is 0 Å². The monoisotopic (exact) mass is 902 g/mol. The molecule has 1 atom stereocenters. The third-order valence-corrected chi connectivity index (χ3v) is 15.4. The highest BCUT2D eigenvalue weighted by molar-refractivity contribution is 8.00. The van der Waals surface area contributed by atoms with E-state index in [1.54, 1.807) is 23.5 Å². The average molecular weight is 904 g/mol. The van der Waals surface area contributed by atoms with Gasteiger partial charge in [-0.25, -0.2) is 0 Å². The van der Waals surface area contributed by atoms with Crippen LogP contribution in [0.3, 0.4) is 0 Å². The molecule has 4 heterocycles. The van der Waals surface area contributed by atoms with Gasteiger partial charge in [0.25, 0.3) is 11.8 Å². The van der Waals surface area contributed by atoms with Crippen LogP contribution in [0.5, 0.6) is 0 Å². The summed E-state index contributed by atoms with van der Waals surface area (Å²) >= 11 is 16.4. The molecule has 0 aliphatic carbocycles. The normalized spacial score (nSPS) is 18.3. The highest BCUT2D eigenvalue weighted by Gasteiger charge is 2.45. The highest BCUT2D eigenvalue weighted by atomic mass is 35.5. The Morgan fingerprint density at radius 1 is 0.556 bits per heavy atom. The number of nitrogens with zero attached hydrogens (tertiary/aromatic N) is 4. The lowest BCUT2D eigenvalue weighted by atomic mass is 9.80. The second-order valence-corrected chi connectivity index (χ2v) is 20.2. The molecule has 0 N–H and O–H groups in total. The Kier molecular flexibility index (Phi) is 10.6. The van der Waals surface area contributed by atoms with Crippen molar-refractivity contribution in [3.05, 3.63) is 191 Å². The molecule has 63 heavy (non-hydrogen) atoms. The Bertz CT molecular complexity index is 2940. The number of amides is 2. The molecule has 4 aliphatic heterocycles. The summed E-state index contributed by atoms with van der Waals surface area (Å²) in [5, 5.41) is 1.17. The van der Waals surface area contributed by atoms with Gasteiger partial charge in [-0.3, -0.25) is 19.4 Å². The molecule has 314 valence electrons. The largest absolute Gasteiger partial charge is 0.355 e. The van der Waals surface area contributed by atoms with E-state index in [2.05, 4.69) is 116 Å². The number of hydrogen-bond donors (Lipinski definition) is 0. The first kappa shape index (κ1) is 41.4. The van der Waals surface area contributed by atoms with E-state index in [0.717, 1.165) is 65.0 Å². The Hall–Kier alpha value is -5.64. The zero-order valence-corrected chi connectivity index (χ0v) is 38.4. The molecule has 2 amide bonds. The summed E-state index contributed by atoms with van der Waals surface area (Å²) in [7, 11) is 0. The third kappa shape index (κ3) is 7.17. The lowest BCUT2D eigenvalue weighted by molar-refractivity contribution is -0.117. The van der Waals surface area contributed by atoms with Gasteiger partial charge in [-0.15, -0.1) is 0 Å². The Balaban J connectivity index is 0.950. The van der Waals surface area contributed by atoms with Gasteiger partial charge in [0.1, 0.15) is 6.54 Å². The van der Waals surface area contributed by atoms with Gasteiger partial charge in [-0.2, -0.15) is 0 Å². The van der Waals surface area contributed by atoms with E-state index in [4.69, 9.17) is 23.2 Å². The van der Waals surface area contributed by atoms with Gasteiger partial charge in [0.05, 0.1) is 35.3 Å². The summed E-state index contributed by atoms with van der Waals surface area (Å²) in [5.41, 5.74) is 8.08. The van der Waals surface area contributed by atoms with Crippen LogP contribution in [0, 0.1) is 0 Å². The maximum atomic E-state index is 14.7. The molecule has 4 aliphatic rings. The molecule has 0 radical (unpaired) electrons. The van der Waals surface area contributed by atoms with Crippen molar-refractivity contribution in [2.24, 2.45) is 0 Å². The number of anilines is 6. The van der Waals surface area contributed by atoms with E-state index in [0.29, 0.717) is 10.0 Å². The molecular formula is C53H44Cl2N4O2S2. The molecule has 6 aromatic carbocycles. The predicted octanol–water partition coefficient (Wildman–Crippen LogP) is 13.9. The zero-order valence-electron chi connectivity index (χ0n) is 35.3. The first-order chi connectivity index (χ1) is 30.4. The molecule has 0 saturated heterocycles. The van der Waals surface area contributed by atoms with Crippen LogP contribution in [0.4, 0.5) is 34.1 Å². The number of carbonyl (C=O) groups excluding carboxylic acids is 2. The van der Waals surface area contributed by atoms with Crippen LogP contribution in [0.25, 0.3) is 0 Å². The van der Waals surface area contributed by atoms with Gasteiger partial charge in [0, 0.05) is 57.5 Å². The number of allylic oxidation sites excluding steroid dienone is 5. The van der Waals surface area contributed by atoms with E-state index in [-0.39, 0.29) is 41.8 Å². The Morgan fingerprint density at radius 3 is 1.65 bits per heavy atom. The molecule has 1 unspecified atom stereocenters. The van der Waals surface area contributed by atoms with Crippen LogP contribution in [0.2, 0.25) is 10.0 Å². The summed E-state index contributed by atoms with van der Waals surface area (Å²) in [6.45, 7) is 9.23. The number of rotatable bonds is 7. The summed E-state index contributed by atoms with van der Waals surface area (Å²) in [5.74, 6) is -0.0851. The minimum Gasteiger partial charge on any atom is -0.355 e. The maximum absolute atomic E-state index is 14.7. The summed E-state index contributed by atoms with van der Waals surface area (Å²) in [6, 6.07) is 44.2. The quantitative estimate of drug-likeness (QED) is 0.149. The number of halogens is 2. The van der Waals surface area contributed by atoms with Crippen LogP contribution < -0.4 is 19.6 Å². The lowest BCUT2D eigenvalue weighted by Crippen LogP contribution is -2.46. The van der Waals surface area contributed by atoms with Gasteiger partial charge < -0.3 is 9.80 Å². The van der Waals surface area contributed by atoms with Gasteiger partial charge in [0.15, 0.2) is 0 Å². The molecule has 6 nitrogen and oxygen atoms in total. The van der Waals surface area contributed by atoms with Crippen molar-refractivity contribution in [2.75, 3.05) is 32.7 Å². The SMILES string of the molecule is CC1(C)/C(=C/C=C/C=C/C2N(CC(=O)N3c4ccccc4Sc4ccc(Cl)cc43)c3ccccc3C2(C)C)N(CC(=O)N2c3ccccc3Sc3ccc(Cl)cc32)c2ccccc21. The highest BCUT2D eigenvalue weighted by Crippen LogP contribution is 2.52. The summed E-state index contributed by atoms with van der Waals surface area (Å²) < 4.78 is 0. The van der Waals surface area contributed by atoms with Gasteiger partial charge in [-0.1, -0.05) is 159 Å². The van der Waals surface area contributed by atoms with Gasteiger partial charge in [-0.05, 0) is 90.0 Å². The van der Waals surface area contributed by atoms with E-state index in [1.807, 2.05) is 94.7 Å². The van der Waals surface area contributed by atoms with E-state index in [9.17, 15) is 9.59 Å². The van der Waals surface area contributed by atoms with E-state index < -0.39 is 0 Å². The molecule has 0 fully saturated rings. The fourth-order valence-electron chi connectivity index (χ4n) is 9.60. The van der Waals surface area contributed by atoms with Crippen LogP contribution in [0.1, 0.15) is 38.8 Å². The second-order valence-electron chi connectivity index (χ2n) is 17.2. The number of benzene rings is 6. The zero-order chi connectivity index (χ0) is 43.6. The number of fused-ring (bicyclic) bond motifs is 6. The Labute approximate surface area is 387 Å². The summed E-state index contributed by atoms with van der Waals surface area (Å²) in [4.78, 5) is 41.5. The molecule has 10 rings (SSSR count). The fourth-order valence-corrected chi connectivity index (χ4v) is 12.0. The maximum Gasteiger partial charge on any atom is 0.251 e. The predicted molar refractivity (Wildman–Crippen MR) is 262 cm³/mol. The summed E-state index contributed by atoms with van der Waals surface area (Å²) in [6.07, 6.45) is 10.5. The van der Waals surface area contributed by atoms with Crippen molar-refractivity contribution >= 4 is 92.7 Å². The molecular weight excluding hydrogens is 860 g/mol. The molecule has 0 bridgehead atoms. The van der Waals surface area contributed by atoms with E-state index in [1.165, 1.54) is 5.56 Å².